The lowest BCUT2D eigenvalue weighted by atomic mass is 10.1. The average molecular weight is 417 g/mol. The normalized spacial score (nSPS) is 21.6. The predicted octanol–water partition coefficient (Wildman–Crippen LogP) is 1.69. The zero-order chi connectivity index (χ0) is 20.4. The molecule has 1 aliphatic carbocycles. The van der Waals surface area contributed by atoms with Crippen LogP contribution in [0.1, 0.15) is 31.0 Å². The number of aromatic nitrogens is 5. The van der Waals surface area contributed by atoms with Crippen molar-refractivity contribution in [2.75, 3.05) is 30.9 Å². The van der Waals surface area contributed by atoms with E-state index in [1.807, 2.05) is 13.0 Å². The zero-order valence-electron chi connectivity index (χ0n) is 16.7. The van der Waals surface area contributed by atoms with Crippen molar-refractivity contribution in [3.8, 4) is 11.3 Å². The minimum Gasteiger partial charge on any atom is -0.377 e. The van der Waals surface area contributed by atoms with Crippen LogP contribution in [0, 0.1) is 6.92 Å². The predicted molar refractivity (Wildman–Crippen MR) is 109 cm³/mol. The molecule has 0 bridgehead atoms. The van der Waals surface area contributed by atoms with Gasteiger partial charge in [-0.2, -0.15) is 10.2 Å². The Kier molecular flexibility index (Phi) is 4.01. The molecule has 154 valence electrons. The molecule has 10 heteroatoms. The van der Waals surface area contributed by atoms with E-state index in [0.717, 1.165) is 22.6 Å². The van der Waals surface area contributed by atoms with Gasteiger partial charge in [-0.3, -0.25) is 5.10 Å². The average Bonchev–Trinajstić information content (AvgIpc) is 3.24. The van der Waals surface area contributed by atoms with Crippen molar-refractivity contribution in [1.82, 2.24) is 24.8 Å². The van der Waals surface area contributed by atoms with Gasteiger partial charge >= 0.3 is 0 Å². The van der Waals surface area contributed by atoms with Gasteiger partial charge in [0.1, 0.15) is 10.6 Å². The molecule has 0 radical (unpaired) electrons. The highest BCUT2D eigenvalue weighted by atomic mass is 32.2. The van der Waals surface area contributed by atoms with Crippen molar-refractivity contribution in [2.24, 2.45) is 0 Å². The molecular weight excluding hydrogens is 392 g/mol. The minimum absolute atomic E-state index is 0.153. The number of morpholine rings is 1. The van der Waals surface area contributed by atoms with Gasteiger partial charge in [-0.15, -0.1) is 0 Å². The van der Waals surface area contributed by atoms with Crippen LogP contribution in [-0.2, 0) is 19.3 Å². The Bertz CT molecular complexity index is 1190. The molecule has 1 N–H and O–H groups in total. The molecule has 0 spiro atoms. The number of anilines is 1. The number of fused-ring (bicyclic) bond motifs is 1. The fourth-order valence-electron chi connectivity index (χ4n) is 4.22. The summed E-state index contributed by atoms with van der Waals surface area (Å²) in [7, 11) is -3.30. The van der Waals surface area contributed by atoms with Crippen molar-refractivity contribution in [3.05, 3.63) is 29.7 Å². The Morgan fingerprint density at radius 3 is 2.72 bits per heavy atom. The summed E-state index contributed by atoms with van der Waals surface area (Å²) in [6.07, 6.45) is 6.00. The molecule has 9 nitrogen and oxygen atoms in total. The third kappa shape index (κ3) is 2.77. The van der Waals surface area contributed by atoms with Crippen LogP contribution in [0.25, 0.3) is 16.9 Å². The van der Waals surface area contributed by atoms with Crippen molar-refractivity contribution in [1.29, 1.82) is 0 Å². The molecule has 1 unspecified atom stereocenters. The van der Waals surface area contributed by atoms with Gasteiger partial charge in [0, 0.05) is 18.9 Å². The zero-order valence-corrected chi connectivity index (χ0v) is 17.5. The molecule has 1 saturated carbocycles. The number of ether oxygens (including phenoxy) is 1. The lowest BCUT2D eigenvalue weighted by Gasteiger charge is -2.34. The van der Waals surface area contributed by atoms with Crippen LogP contribution in [0.3, 0.4) is 0 Å². The van der Waals surface area contributed by atoms with E-state index in [2.05, 4.69) is 27.1 Å². The standard InChI is InChI=1S/C19H24N6O3S/c1-12-9-20-23-17(12)14-10-21-25-15(19(4-5-19)29(3,26)27)8-16(22-18(14)25)24-6-7-28-11-13(24)2/h8-10,13H,4-7,11H2,1-3H3,(H,20,23). The number of hydrogen-bond donors (Lipinski definition) is 1. The van der Waals surface area contributed by atoms with Crippen molar-refractivity contribution < 1.29 is 13.2 Å². The summed E-state index contributed by atoms with van der Waals surface area (Å²) >= 11 is 0. The molecule has 3 aromatic rings. The molecule has 1 atom stereocenters. The second kappa shape index (κ2) is 6.27. The SMILES string of the molecule is Cc1cn[nH]c1-c1cnn2c(C3(S(C)(=O)=O)CC3)cc(N3CCOCC3C)nc12. The summed E-state index contributed by atoms with van der Waals surface area (Å²) in [6, 6.07) is 2.06. The summed E-state index contributed by atoms with van der Waals surface area (Å²) in [5, 5.41) is 11.7. The van der Waals surface area contributed by atoms with Gasteiger partial charge in [0.2, 0.25) is 0 Å². The summed E-state index contributed by atoms with van der Waals surface area (Å²) in [4.78, 5) is 7.10. The van der Waals surface area contributed by atoms with Gasteiger partial charge in [-0.25, -0.2) is 17.9 Å². The summed E-state index contributed by atoms with van der Waals surface area (Å²) in [6.45, 7) is 6.00. The molecule has 4 heterocycles. The Balaban J connectivity index is 1.77. The highest BCUT2D eigenvalue weighted by Crippen LogP contribution is 2.53. The molecule has 3 aromatic heterocycles. The molecule has 1 saturated heterocycles. The van der Waals surface area contributed by atoms with Gasteiger partial charge in [0.15, 0.2) is 15.5 Å². The quantitative estimate of drug-likeness (QED) is 0.690. The van der Waals surface area contributed by atoms with Crippen LogP contribution in [0.5, 0.6) is 0 Å². The van der Waals surface area contributed by atoms with Crippen molar-refractivity contribution >= 4 is 21.3 Å². The van der Waals surface area contributed by atoms with Crippen LogP contribution in [0.4, 0.5) is 5.82 Å². The molecular formula is C19H24N6O3S. The highest BCUT2D eigenvalue weighted by molar-refractivity contribution is 7.91. The molecule has 2 aliphatic rings. The monoisotopic (exact) mass is 416 g/mol. The third-order valence-corrected chi connectivity index (χ3v) is 8.14. The Morgan fingerprint density at radius 2 is 2.10 bits per heavy atom. The summed E-state index contributed by atoms with van der Waals surface area (Å²) in [5.41, 5.74) is 3.96. The van der Waals surface area contributed by atoms with Crippen molar-refractivity contribution in [3.63, 3.8) is 0 Å². The smallest absolute Gasteiger partial charge is 0.167 e. The number of aryl methyl sites for hydroxylation is 1. The highest BCUT2D eigenvalue weighted by Gasteiger charge is 2.56. The number of H-pyrrole nitrogens is 1. The summed E-state index contributed by atoms with van der Waals surface area (Å²) in [5.74, 6) is 0.761. The number of sulfone groups is 1. The second-order valence-electron chi connectivity index (χ2n) is 8.11. The second-order valence-corrected chi connectivity index (χ2v) is 10.4. The fraction of sp³-hybridized carbons (Fsp3) is 0.526. The topological polar surface area (TPSA) is 105 Å². The van der Waals surface area contributed by atoms with Gasteiger partial charge in [0.25, 0.3) is 0 Å². The first-order valence-electron chi connectivity index (χ1n) is 9.75. The Hall–Kier alpha value is -2.46. The van der Waals surface area contributed by atoms with E-state index in [4.69, 9.17) is 9.72 Å². The molecule has 0 amide bonds. The van der Waals surface area contributed by atoms with Crippen LogP contribution in [-0.4, -0.2) is 65.3 Å². The molecule has 0 aromatic carbocycles. The maximum atomic E-state index is 12.7. The molecule has 29 heavy (non-hydrogen) atoms. The lowest BCUT2D eigenvalue weighted by molar-refractivity contribution is 0.0985. The number of hydrogen-bond acceptors (Lipinski definition) is 7. The van der Waals surface area contributed by atoms with Gasteiger partial charge < -0.3 is 9.64 Å². The summed E-state index contributed by atoms with van der Waals surface area (Å²) < 4.78 is 31.7. The van der Waals surface area contributed by atoms with Crippen LogP contribution in [0.15, 0.2) is 18.5 Å². The first-order chi connectivity index (χ1) is 13.8. The van der Waals surface area contributed by atoms with Crippen molar-refractivity contribution in [2.45, 2.75) is 37.5 Å². The number of nitrogens with one attached hydrogen (secondary N) is 1. The molecule has 5 rings (SSSR count). The number of rotatable bonds is 4. The van der Waals surface area contributed by atoms with Crippen LogP contribution >= 0.6 is 0 Å². The van der Waals surface area contributed by atoms with E-state index in [9.17, 15) is 8.42 Å². The first-order valence-corrected chi connectivity index (χ1v) is 11.6. The number of nitrogens with zero attached hydrogens (tertiary/aromatic N) is 5. The van der Waals surface area contributed by atoms with Crippen LogP contribution < -0.4 is 4.90 Å². The van der Waals surface area contributed by atoms with E-state index >= 15 is 0 Å². The van der Waals surface area contributed by atoms with Crippen LogP contribution in [0.2, 0.25) is 0 Å². The van der Waals surface area contributed by atoms with E-state index in [-0.39, 0.29) is 6.04 Å². The lowest BCUT2D eigenvalue weighted by Crippen LogP contribution is -2.44. The Labute approximate surface area is 169 Å². The fourth-order valence-corrected chi connectivity index (χ4v) is 5.58. The van der Waals surface area contributed by atoms with E-state index in [1.54, 1.807) is 16.9 Å². The molecule has 2 fully saturated rings. The maximum absolute atomic E-state index is 12.7. The van der Waals surface area contributed by atoms with Gasteiger partial charge in [0.05, 0.1) is 48.6 Å². The van der Waals surface area contributed by atoms with E-state index in [0.29, 0.717) is 43.9 Å². The molecule has 1 aliphatic heterocycles. The van der Waals surface area contributed by atoms with Gasteiger partial charge in [-0.1, -0.05) is 0 Å². The minimum atomic E-state index is -3.30. The van der Waals surface area contributed by atoms with E-state index < -0.39 is 14.6 Å². The maximum Gasteiger partial charge on any atom is 0.167 e. The van der Waals surface area contributed by atoms with Gasteiger partial charge in [-0.05, 0) is 32.3 Å². The first kappa shape index (κ1) is 18.6. The largest absolute Gasteiger partial charge is 0.377 e. The third-order valence-electron chi connectivity index (χ3n) is 6.10. The van der Waals surface area contributed by atoms with E-state index in [1.165, 1.54) is 6.26 Å². The number of aromatic amines is 1. The Morgan fingerprint density at radius 1 is 1.31 bits per heavy atom.